The van der Waals surface area contributed by atoms with Gasteiger partial charge in [0.05, 0.1) is 22.3 Å². The van der Waals surface area contributed by atoms with Gasteiger partial charge in [-0.15, -0.1) is 0 Å². The molecule has 0 unspecified atom stereocenters. The smallest absolute Gasteiger partial charge is 0.229 e. The van der Waals surface area contributed by atoms with Crippen LogP contribution in [0.3, 0.4) is 0 Å². The van der Waals surface area contributed by atoms with Gasteiger partial charge in [0, 0.05) is 18.5 Å². The number of hydrogen-bond acceptors (Lipinski definition) is 3. The van der Waals surface area contributed by atoms with Crippen LogP contribution >= 0.6 is 11.6 Å². The molecule has 2 amide bonds. The molecular formula is C19H17ClN2O3. The molecule has 0 radical (unpaired) electrons. The Morgan fingerprint density at radius 3 is 2.52 bits per heavy atom. The highest BCUT2D eigenvalue weighted by atomic mass is 35.5. The summed E-state index contributed by atoms with van der Waals surface area (Å²) in [6, 6.07) is 13.9. The molecule has 1 fully saturated rings. The molecular weight excluding hydrogens is 340 g/mol. The number of anilines is 2. The molecule has 1 heterocycles. The predicted molar refractivity (Wildman–Crippen MR) is 97.0 cm³/mol. The number of rotatable bonds is 4. The van der Waals surface area contributed by atoms with Gasteiger partial charge in [-0.1, -0.05) is 35.9 Å². The van der Waals surface area contributed by atoms with Crippen LogP contribution in [0.5, 0.6) is 0 Å². The fourth-order valence-corrected chi connectivity index (χ4v) is 3.16. The first-order valence-electron chi connectivity index (χ1n) is 7.93. The Hall–Kier alpha value is -2.66. The highest BCUT2D eigenvalue weighted by Crippen LogP contribution is 2.31. The third kappa shape index (κ3) is 3.56. The molecule has 1 aliphatic heterocycles. The zero-order chi connectivity index (χ0) is 18.0. The van der Waals surface area contributed by atoms with E-state index in [0.717, 1.165) is 0 Å². The van der Waals surface area contributed by atoms with Crippen molar-refractivity contribution >= 4 is 40.6 Å². The average molecular weight is 357 g/mol. The molecule has 3 rings (SSSR count). The summed E-state index contributed by atoms with van der Waals surface area (Å²) in [7, 11) is 0. The van der Waals surface area contributed by atoms with Gasteiger partial charge in [-0.05, 0) is 31.2 Å². The number of benzene rings is 2. The summed E-state index contributed by atoms with van der Waals surface area (Å²) in [5.41, 5.74) is 1.51. The molecule has 0 bridgehead atoms. The van der Waals surface area contributed by atoms with Crippen molar-refractivity contribution in [3.05, 3.63) is 59.1 Å². The normalized spacial score (nSPS) is 16.8. The van der Waals surface area contributed by atoms with Crippen LogP contribution in [0.15, 0.2) is 48.5 Å². The van der Waals surface area contributed by atoms with E-state index in [0.29, 0.717) is 22.0 Å². The minimum atomic E-state index is -0.496. The van der Waals surface area contributed by atoms with Gasteiger partial charge in [-0.3, -0.25) is 14.4 Å². The van der Waals surface area contributed by atoms with Crippen molar-refractivity contribution < 1.29 is 14.4 Å². The summed E-state index contributed by atoms with van der Waals surface area (Å²) in [5, 5.41) is 3.24. The summed E-state index contributed by atoms with van der Waals surface area (Å²) >= 11 is 6.15. The van der Waals surface area contributed by atoms with Gasteiger partial charge >= 0.3 is 0 Å². The summed E-state index contributed by atoms with van der Waals surface area (Å²) in [5.74, 6) is -1.05. The van der Waals surface area contributed by atoms with Crippen molar-refractivity contribution in [1.29, 1.82) is 0 Å². The van der Waals surface area contributed by atoms with E-state index in [1.165, 1.54) is 11.8 Å². The number of nitrogens with one attached hydrogen (secondary N) is 1. The molecule has 0 spiro atoms. The van der Waals surface area contributed by atoms with Gasteiger partial charge in [0.2, 0.25) is 11.8 Å². The van der Waals surface area contributed by atoms with Gasteiger partial charge in [-0.2, -0.15) is 0 Å². The molecule has 5 nitrogen and oxygen atoms in total. The maximum absolute atomic E-state index is 12.6. The van der Waals surface area contributed by atoms with Gasteiger partial charge in [-0.25, -0.2) is 0 Å². The zero-order valence-electron chi connectivity index (χ0n) is 13.7. The van der Waals surface area contributed by atoms with Crippen molar-refractivity contribution in [3.8, 4) is 0 Å². The quantitative estimate of drug-likeness (QED) is 0.852. The number of para-hydroxylation sites is 2. The second-order valence-electron chi connectivity index (χ2n) is 5.95. The lowest BCUT2D eigenvalue weighted by molar-refractivity contribution is -0.122. The van der Waals surface area contributed by atoms with Crippen LogP contribution in [-0.2, 0) is 9.59 Å². The first kappa shape index (κ1) is 17.2. The minimum absolute atomic E-state index is 0.110. The first-order chi connectivity index (χ1) is 12.0. The Morgan fingerprint density at radius 1 is 1.12 bits per heavy atom. The molecule has 0 aliphatic carbocycles. The zero-order valence-corrected chi connectivity index (χ0v) is 14.4. The standard InChI is InChI=1S/C19H17ClN2O3/c1-12(23)14-6-2-4-8-16(14)21-19(25)13-10-18(24)22(11-13)17-9-5-3-7-15(17)20/h2-9,13H,10-11H2,1H3,(H,21,25)/t13-/m0/s1. The first-order valence-corrected chi connectivity index (χ1v) is 8.31. The fourth-order valence-electron chi connectivity index (χ4n) is 2.92. The highest BCUT2D eigenvalue weighted by Gasteiger charge is 2.36. The summed E-state index contributed by atoms with van der Waals surface area (Å²) in [6.07, 6.45) is 0.110. The number of ketones is 1. The molecule has 6 heteroatoms. The predicted octanol–water partition coefficient (Wildman–Crippen LogP) is 3.53. The molecule has 1 atom stereocenters. The summed E-state index contributed by atoms with van der Waals surface area (Å²) in [4.78, 5) is 38.1. The topological polar surface area (TPSA) is 66.5 Å². The fraction of sp³-hybridized carbons (Fsp3) is 0.211. The molecule has 1 aliphatic rings. The number of amides is 2. The summed E-state index contributed by atoms with van der Waals surface area (Å²) < 4.78 is 0. The van der Waals surface area contributed by atoms with Gasteiger partial charge in [0.15, 0.2) is 5.78 Å². The van der Waals surface area contributed by atoms with Crippen molar-refractivity contribution in [2.75, 3.05) is 16.8 Å². The molecule has 1 N–H and O–H groups in total. The third-order valence-corrected chi connectivity index (χ3v) is 4.52. The molecule has 2 aromatic rings. The molecule has 0 aromatic heterocycles. The van der Waals surface area contributed by atoms with E-state index in [2.05, 4.69) is 5.32 Å². The van der Waals surface area contributed by atoms with Crippen LogP contribution in [0.2, 0.25) is 5.02 Å². The monoisotopic (exact) mass is 356 g/mol. The van der Waals surface area contributed by atoms with E-state index in [9.17, 15) is 14.4 Å². The Bertz CT molecular complexity index is 850. The summed E-state index contributed by atoms with van der Waals surface area (Å²) in [6.45, 7) is 1.71. The molecule has 128 valence electrons. The average Bonchev–Trinajstić information content (AvgIpc) is 2.97. The highest BCUT2D eigenvalue weighted by molar-refractivity contribution is 6.34. The lowest BCUT2D eigenvalue weighted by atomic mass is 10.1. The van der Waals surface area contributed by atoms with Gasteiger partial charge in [0.25, 0.3) is 0 Å². The van der Waals surface area contributed by atoms with E-state index in [1.807, 2.05) is 0 Å². The second kappa shape index (κ2) is 7.07. The maximum atomic E-state index is 12.6. The van der Waals surface area contributed by atoms with Gasteiger partial charge in [0.1, 0.15) is 0 Å². The largest absolute Gasteiger partial charge is 0.325 e. The van der Waals surface area contributed by atoms with E-state index in [4.69, 9.17) is 11.6 Å². The van der Waals surface area contributed by atoms with E-state index in [1.54, 1.807) is 48.5 Å². The van der Waals surface area contributed by atoms with Crippen LogP contribution in [-0.4, -0.2) is 24.1 Å². The number of Topliss-reactive ketones (excluding diaryl/α,β-unsaturated/α-hetero) is 1. The third-order valence-electron chi connectivity index (χ3n) is 4.20. The maximum Gasteiger partial charge on any atom is 0.229 e. The Balaban J connectivity index is 1.76. The Labute approximate surface area is 150 Å². The Morgan fingerprint density at radius 2 is 1.80 bits per heavy atom. The molecule has 1 saturated heterocycles. The van der Waals surface area contributed by atoms with Crippen LogP contribution in [0, 0.1) is 5.92 Å². The van der Waals surface area contributed by atoms with Crippen molar-refractivity contribution in [2.24, 2.45) is 5.92 Å². The molecule has 25 heavy (non-hydrogen) atoms. The second-order valence-corrected chi connectivity index (χ2v) is 6.36. The van der Waals surface area contributed by atoms with E-state index in [-0.39, 0.29) is 30.6 Å². The Kier molecular flexibility index (Phi) is 4.86. The number of hydrogen-bond donors (Lipinski definition) is 1. The molecule has 2 aromatic carbocycles. The van der Waals surface area contributed by atoms with Crippen LogP contribution in [0.1, 0.15) is 23.7 Å². The van der Waals surface area contributed by atoms with Crippen LogP contribution < -0.4 is 10.2 Å². The van der Waals surface area contributed by atoms with Crippen molar-refractivity contribution in [2.45, 2.75) is 13.3 Å². The van der Waals surface area contributed by atoms with Gasteiger partial charge < -0.3 is 10.2 Å². The number of nitrogens with zero attached hydrogens (tertiary/aromatic N) is 1. The van der Waals surface area contributed by atoms with Crippen molar-refractivity contribution in [3.63, 3.8) is 0 Å². The minimum Gasteiger partial charge on any atom is -0.325 e. The SMILES string of the molecule is CC(=O)c1ccccc1NC(=O)[C@H]1CC(=O)N(c2ccccc2Cl)C1. The lowest BCUT2D eigenvalue weighted by Crippen LogP contribution is -2.28. The van der Waals surface area contributed by atoms with Crippen LogP contribution in [0.25, 0.3) is 0 Å². The number of carbonyl (C=O) groups excluding carboxylic acids is 3. The van der Waals surface area contributed by atoms with E-state index >= 15 is 0 Å². The van der Waals surface area contributed by atoms with Crippen LogP contribution in [0.4, 0.5) is 11.4 Å². The number of carbonyl (C=O) groups is 3. The van der Waals surface area contributed by atoms with E-state index < -0.39 is 5.92 Å². The molecule has 0 saturated carbocycles. The van der Waals surface area contributed by atoms with Crippen molar-refractivity contribution in [1.82, 2.24) is 0 Å². The number of halogens is 1. The lowest BCUT2D eigenvalue weighted by Gasteiger charge is -2.18.